The van der Waals surface area contributed by atoms with Crippen LogP contribution < -0.4 is 5.32 Å². The molecule has 150 valence electrons. The smallest absolute Gasteiger partial charge is 0.223 e. The van der Waals surface area contributed by atoms with E-state index in [2.05, 4.69) is 10.2 Å². The Morgan fingerprint density at radius 2 is 1.93 bits per heavy atom. The summed E-state index contributed by atoms with van der Waals surface area (Å²) in [7, 11) is 0. The SMILES string of the molecule is O=C(NCCSC1CCCCC1)C1CCN(Cc2c(F)cccc2Cl)CC1. The molecule has 6 heteroatoms. The number of likely N-dealkylation sites (tertiary alicyclic amines) is 1. The van der Waals surface area contributed by atoms with Crippen molar-refractivity contribution < 1.29 is 9.18 Å². The molecule has 3 rings (SSSR count). The average molecular weight is 413 g/mol. The molecular formula is C21H30ClFN2OS. The van der Waals surface area contributed by atoms with Crippen molar-refractivity contribution in [3.63, 3.8) is 0 Å². The van der Waals surface area contributed by atoms with Gasteiger partial charge in [-0.1, -0.05) is 36.9 Å². The Morgan fingerprint density at radius 3 is 2.63 bits per heavy atom. The monoisotopic (exact) mass is 412 g/mol. The van der Waals surface area contributed by atoms with E-state index in [1.54, 1.807) is 12.1 Å². The summed E-state index contributed by atoms with van der Waals surface area (Å²) >= 11 is 8.14. The fraction of sp³-hybridized carbons (Fsp3) is 0.667. The number of piperidine rings is 1. The summed E-state index contributed by atoms with van der Waals surface area (Å²) in [5, 5.41) is 4.39. The van der Waals surface area contributed by atoms with Gasteiger partial charge in [-0.2, -0.15) is 11.8 Å². The molecule has 2 aliphatic rings. The van der Waals surface area contributed by atoms with Crippen molar-refractivity contribution in [3.8, 4) is 0 Å². The van der Waals surface area contributed by atoms with E-state index >= 15 is 0 Å². The molecule has 0 unspecified atom stereocenters. The van der Waals surface area contributed by atoms with Crippen molar-refractivity contribution in [1.29, 1.82) is 0 Å². The predicted octanol–water partition coefficient (Wildman–Crippen LogP) is 4.87. The second-order valence-electron chi connectivity index (χ2n) is 7.67. The van der Waals surface area contributed by atoms with Crippen molar-refractivity contribution in [2.24, 2.45) is 5.92 Å². The Labute approximate surface area is 171 Å². The number of halogens is 2. The van der Waals surface area contributed by atoms with Crippen LogP contribution in [0.15, 0.2) is 18.2 Å². The van der Waals surface area contributed by atoms with Crippen LogP contribution in [0.3, 0.4) is 0 Å². The van der Waals surface area contributed by atoms with Crippen molar-refractivity contribution in [3.05, 3.63) is 34.6 Å². The van der Waals surface area contributed by atoms with Gasteiger partial charge in [0, 0.05) is 40.6 Å². The zero-order chi connectivity index (χ0) is 19.1. The molecule has 3 nitrogen and oxygen atoms in total. The van der Waals surface area contributed by atoms with Gasteiger partial charge >= 0.3 is 0 Å². The number of rotatable bonds is 7. The van der Waals surface area contributed by atoms with Crippen LogP contribution in [-0.2, 0) is 11.3 Å². The third-order valence-electron chi connectivity index (χ3n) is 5.71. The molecule has 1 amide bonds. The molecule has 1 saturated carbocycles. The van der Waals surface area contributed by atoms with Crippen LogP contribution in [0.5, 0.6) is 0 Å². The molecule has 1 N–H and O–H groups in total. The van der Waals surface area contributed by atoms with E-state index < -0.39 is 0 Å². The molecule has 1 aromatic rings. The van der Waals surface area contributed by atoms with E-state index in [0.29, 0.717) is 17.1 Å². The largest absolute Gasteiger partial charge is 0.355 e. The van der Waals surface area contributed by atoms with Crippen LogP contribution in [0, 0.1) is 11.7 Å². The topological polar surface area (TPSA) is 32.3 Å². The lowest BCUT2D eigenvalue weighted by atomic mass is 9.95. The second kappa shape index (κ2) is 10.7. The van der Waals surface area contributed by atoms with Gasteiger partial charge in [0.25, 0.3) is 0 Å². The summed E-state index contributed by atoms with van der Waals surface area (Å²) in [5.41, 5.74) is 0.557. The summed E-state index contributed by atoms with van der Waals surface area (Å²) in [6.45, 7) is 2.89. The fourth-order valence-electron chi connectivity index (χ4n) is 4.04. The van der Waals surface area contributed by atoms with E-state index in [4.69, 9.17) is 11.6 Å². The first-order valence-electron chi connectivity index (χ1n) is 10.2. The lowest BCUT2D eigenvalue weighted by Gasteiger charge is -2.31. The van der Waals surface area contributed by atoms with Crippen molar-refractivity contribution in [2.75, 3.05) is 25.4 Å². The predicted molar refractivity (Wildman–Crippen MR) is 112 cm³/mol. The zero-order valence-electron chi connectivity index (χ0n) is 15.9. The maximum atomic E-state index is 13.9. The fourth-order valence-corrected chi connectivity index (χ4v) is 5.48. The van der Waals surface area contributed by atoms with Gasteiger partial charge in [0.1, 0.15) is 5.82 Å². The highest BCUT2D eigenvalue weighted by Gasteiger charge is 2.25. The highest BCUT2D eigenvalue weighted by molar-refractivity contribution is 7.99. The summed E-state index contributed by atoms with van der Waals surface area (Å²) in [6.07, 6.45) is 8.44. The number of nitrogens with zero attached hydrogens (tertiary/aromatic N) is 1. The first-order chi connectivity index (χ1) is 13.1. The molecule has 0 bridgehead atoms. The molecule has 1 heterocycles. The Kier molecular flexibility index (Phi) is 8.28. The number of carbonyl (C=O) groups is 1. The summed E-state index contributed by atoms with van der Waals surface area (Å²) in [5.74, 6) is 1.03. The molecule has 0 atom stereocenters. The van der Waals surface area contributed by atoms with Crippen LogP contribution in [0.2, 0.25) is 5.02 Å². The number of hydrogen-bond donors (Lipinski definition) is 1. The zero-order valence-corrected chi connectivity index (χ0v) is 17.5. The number of nitrogens with one attached hydrogen (secondary N) is 1. The Bertz CT molecular complexity index is 596. The van der Waals surface area contributed by atoms with E-state index in [-0.39, 0.29) is 17.6 Å². The molecule has 1 saturated heterocycles. The van der Waals surface area contributed by atoms with Gasteiger partial charge in [-0.05, 0) is 50.9 Å². The molecule has 1 aromatic carbocycles. The molecule has 0 radical (unpaired) electrons. The third kappa shape index (κ3) is 6.37. The molecule has 1 aliphatic heterocycles. The summed E-state index contributed by atoms with van der Waals surface area (Å²) in [4.78, 5) is 14.6. The quantitative estimate of drug-likeness (QED) is 0.648. The minimum absolute atomic E-state index is 0.0806. The highest BCUT2D eigenvalue weighted by Crippen LogP contribution is 2.28. The first kappa shape index (κ1) is 20.9. The first-order valence-corrected chi connectivity index (χ1v) is 11.6. The Morgan fingerprint density at radius 1 is 1.19 bits per heavy atom. The van der Waals surface area contributed by atoms with Crippen LogP contribution in [0.4, 0.5) is 4.39 Å². The maximum absolute atomic E-state index is 13.9. The normalized spacial score (nSPS) is 19.9. The Hall–Kier alpha value is -0.780. The molecule has 0 spiro atoms. The van der Waals surface area contributed by atoms with E-state index in [9.17, 15) is 9.18 Å². The van der Waals surface area contributed by atoms with E-state index in [1.807, 2.05) is 11.8 Å². The maximum Gasteiger partial charge on any atom is 0.223 e. The molecule has 1 aliphatic carbocycles. The van der Waals surface area contributed by atoms with E-state index in [1.165, 1.54) is 38.2 Å². The minimum atomic E-state index is -0.252. The average Bonchev–Trinajstić information content (AvgIpc) is 2.69. The van der Waals surface area contributed by atoms with Gasteiger partial charge in [0.05, 0.1) is 0 Å². The number of carbonyl (C=O) groups excluding carboxylic acids is 1. The summed E-state index contributed by atoms with van der Waals surface area (Å²) < 4.78 is 13.9. The third-order valence-corrected chi connectivity index (χ3v) is 7.45. The van der Waals surface area contributed by atoms with Crippen LogP contribution in [0.1, 0.15) is 50.5 Å². The Balaban J connectivity index is 1.34. The lowest BCUT2D eigenvalue weighted by molar-refractivity contribution is -0.126. The van der Waals surface area contributed by atoms with Gasteiger partial charge in [0.15, 0.2) is 0 Å². The van der Waals surface area contributed by atoms with Crippen LogP contribution >= 0.6 is 23.4 Å². The molecular weight excluding hydrogens is 383 g/mol. The van der Waals surface area contributed by atoms with Crippen molar-refractivity contribution >= 4 is 29.3 Å². The molecule has 2 fully saturated rings. The van der Waals surface area contributed by atoms with Gasteiger partial charge in [0.2, 0.25) is 5.91 Å². The number of amides is 1. The summed E-state index contributed by atoms with van der Waals surface area (Å²) in [6, 6.07) is 4.81. The van der Waals surface area contributed by atoms with Crippen LogP contribution in [0.25, 0.3) is 0 Å². The standard InChI is InChI=1S/C21H30ClFN2OS/c22-19-7-4-8-20(23)18(19)15-25-12-9-16(10-13-25)21(26)24-11-14-27-17-5-2-1-3-6-17/h4,7-8,16-17H,1-3,5-6,9-15H2,(H,24,26). The number of benzene rings is 1. The van der Waals surface area contributed by atoms with Gasteiger partial charge in [-0.25, -0.2) is 4.39 Å². The van der Waals surface area contributed by atoms with Crippen molar-refractivity contribution in [2.45, 2.75) is 56.7 Å². The van der Waals surface area contributed by atoms with E-state index in [0.717, 1.165) is 43.5 Å². The van der Waals surface area contributed by atoms with Crippen molar-refractivity contribution in [1.82, 2.24) is 10.2 Å². The van der Waals surface area contributed by atoms with Crippen LogP contribution in [-0.4, -0.2) is 41.4 Å². The lowest BCUT2D eigenvalue weighted by Crippen LogP contribution is -2.41. The van der Waals surface area contributed by atoms with Gasteiger partial charge in [-0.15, -0.1) is 0 Å². The molecule has 27 heavy (non-hydrogen) atoms. The number of hydrogen-bond acceptors (Lipinski definition) is 3. The minimum Gasteiger partial charge on any atom is -0.355 e. The second-order valence-corrected chi connectivity index (χ2v) is 9.49. The molecule has 0 aromatic heterocycles. The van der Waals surface area contributed by atoms with Gasteiger partial charge in [-0.3, -0.25) is 9.69 Å². The highest BCUT2D eigenvalue weighted by atomic mass is 35.5. The van der Waals surface area contributed by atoms with Gasteiger partial charge < -0.3 is 5.32 Å². The number of thioether (sulfide) groups is 1.